The normalized spacial score (nSPS) is 11.7. The molecule has 21 heavy (non-hydrogen) atoms. The minimum Gasteiger partial charge on any atom is -0.366 e. The number of pyridine rings is 1. The molecule has 1 heterocycles. The quantitative estimate of drug-likeness (QED) is 0.882. The van der Waals surface area contributed by atoms with Crippen molar-refractivity contribution in [2.75, 3.05) is 13.1 Å². The van der Waals surface area contributed by atoms with Crippen LogP contribution in [0.1, 0.15) is 12.5 Å². The van der Waals surface area contributed by atoms with Gasteiger partial charge in [0, 0.05) is 31.5 Å². The molecule has 0 aliphatic rings. The van der Waals surface area contributed by atoms with E-state index in [0.29, 0.717) is 19.5 Å². The molecule has 0 aliphatic carbocycles. The van der Waals surface area contributed by atoms with E-state index < -0.39 is 15.5 Å². The highest BCUT2D eigenvalue weighted by atomic mass is 32.2. The lowest BCUT2D eigenvalue weighted by atomic mass is 10.1. The maximum atomic E-state index is 12.5. The smallest absolute Gasteiger partial charge is 0.248 e. The van der Waals surface area contributed by atoms with Gasteiger partial charge < -0.3 is 4.98 Å². The van der Waals surface area contributed by atoms with Crippen molar-refractivity contribution in [3.8, 4) is 0 Å². The van der Waals surface area contributed by atoms with Gasteiger partial charge >= 0.3 is 0 Å². The van der Waals surface area contributed by atoms with Gasteiger partial charge in [0.1, 0.15) is 4.90 Å². The Balaban J connectivity index is 2.21. The van der Waals surface area contributed by atoms with E-state index in [1.807, 2.05) is 30.3 Å². The summed E-state index contributed by atoms with van der Waals surface area (Å²) in [5.74, 6) is 0. The molecule has 0 fully saturated rings. The van der Waals surface area contributed by atoms with Gasteiger partial charge in [-0.1, -0.05) is 37.3 Å². The molecule has 0 atom stereocenters. The molecule has 2 aromatic rings. The summed E-state index contributed by atoms with van der Waals surface area (Å²) < 4.78 is 26.3. The number of sulfonamides is 1. The van der Waals surface area contributed by atoms with Crippen molar-refractivity contribution < 1.29 is 8.42 Å². The topological polar surface area (TPSA) is 70.2 Å². The molecule has 0 bridgehead atoms. The fourth-order valence-corrected chi connectivity index (χ4v) is 3.58. The van der Waals surface area contributed by atoms with Crippen LogP contribution in [-0.2, 0) is 16.4 Å². The molecule has 6 heteroatoms. The lowest BCUT2D eigenvalue weighted by molar-refractivity contribution is 0.430. The van der Waals surface area contributed by atoms with E-state index in [-0.39, 0.29) is 4.90 Å². The molecule has 0 radical (unpaired) electrons. The second-order valence-corrected chi connectivity index (χ2v) is 6.51. The number of rotatable bonds is 6. The Hall–Kier alpha value is -1.92. The summed E-state index contributed by atoms with van der Waals surface area (Å²) in [4.78, 5) is 14.2. The summed E-state index contributed by atoms with van der Waals surface area (Å²) >= 11 is 0. The second kappa shape index (κ2) is 6.69. The Bertz CT molecular complexity index is 739. The van der Waals surface area contributed by atoms with Crippen molar-refractivity contribution in [2.45, 2.75) is 18.2 Å². The summed E-state index contributed by atoms with van der Waals surface area (Å²) in [6.45, 7) is 2.43. The van der Waals surface area contributed by atoms with E-state index in [0.717, 1.165) is 5.56 Å². The van der Waals surface area contributed by atoms with Crippen LogP contribution in [0.2, 0.25) is 0 Å². The van der Waals surface area contributed by atoms with Crippen molar-refractivity contribution in [1.82, 2.24) is 9.29 Å². The molecule has 1 N–H and O–H groups in total. The average Bonchev–Trinajstić information content (AvgIpc) is 2.49. The monoisotopic (exact) mass is 306 g/mol. The van der Waals surface area contributed by atoms with Gasteiger partial charge in [0.15, 0.2) is 0 Å². The fourth-order valence-electron chi connectivity index (χ4n) is 2.09. The van der Waals surface area contributed by atoms with E-state index >= 15 is 0 Å². The first-order valence-electron chi connectivity index (χ1n) is 6.77. The highest BCUT2D eigenvalue weighted by Crippen LogP contribution is 2.12. The lowest BCUT2D eigenvalue weighted by Gasteiger charge is -2.20. The van der Waals surface area contributed by atoms with Gasteiger partial charge in [-0.3, -0.25) is 4.79 Å². The summed E-state index contributed by atoms with van der Waals surface area (Å²) in [7, 11) is -3.76. The molecule has 0 saturated carbocycles. The van der Waals surface area contributed by atoms with Crippen LogP contribution < -0.4 is 5.43 Å². The van der Waals surface area contributed by atoms with Crippen LogP contribution in [0.4, 0.5) is 0 Å². The van der Waals surface area contributed by atoms with Crippen LogP contribution in [0.3, 0.4) is 0 Å². The van der Waals surface area contributed by atoms with Gasteiger partial charge in [0.05, 0.1) is 0 Å². The number of benzene rings is 1. The first-order valence-corrected chi connectivity index (χ1v) is 8.21. The van der Waals surface area contributed by atoms with Gasteiger partial charge in [0.2, 0.25) is 15.5 Å². The Morgan fingerprint density at radius 1 is 1.14 bits per heavy atom. The molecule has 1 aromatic heterocycles. The van der Waals surface area contributed by atoms with Crippen molar-refractivity contribution in [3.63, 3.8) is 0 Å². The number of aromatic amines is 1. The molecule has 0 saturated heterocycles. The first kappa shape index (κ1) is 15.5. The zero-order chi connectivity index (χ0) is 15.3. The third-order valence-electron chi connectivity index (χ3n) is 3.25. The molecule has 0 spiro atoms. The molecular weight excluding hydrogens is 288 g/mol. The number of H-pyrrole nitrogens is 1. The summed E-state index contributed by atoms with van der Waals surface area (Å²) in [5, 5.41) is 0. The number of hydrogen-bond acceptors (Lipinski definition) is 3. The third-order valence-corrected chi connectivity index (χ3v) is 5.25. The molecule has 1 aromatic carbocycles. The zero-order valence-corrected chi connectivity index (χ0v) is 12.6. The predicted molar refractivity (Wildman–Crippen MR) is 81.6 cm³/mol. The number of hydrogen-bond donors (Lipinski definition) is 1. The van der Waals surface area contributed by atoms with Crippen LogP contribution in [0.25, 0.3) is 0 Å². The van der Waals surface area contributed by atoms with Crippen LogP contribution in [0, 0.1) is 0 Å². The number of nitrogens with zero attached hydrogens (tertiary/aromatic N) is 1. The fraction of sp³-hybridized carbons (Fsp3) is 0.267. The van der Waals surface area contributed by atoms with Crippen molar-refractivity contribution in [2.24, 2.45) is 0 Å². The average molecular weight is 306 g/mol. The van der Waals surface area contributed by atoms with E-state index in [4.69, 9.17) is 0 Å². The second-order valence-electron chi connectivity index (χ2n) is 4.61. The highest BCUT2D eigenvalue weighted by Gasteiger charge is 2.25. The largest absolute Gasteiger partial charge is 0.366 e. The highest BCUT2D eigenvalue weighted by molar-refractivity contribution is 7.89. The first-order chi connectivity index (χ1) is 10.1. The van der Waals surface area contributed by atoms with Gasteiger partial charge in [-0.15, -0.1) is 0 Å². The van der Waals surface area contributed by atoms with Crippen LogP contribution >= 0.6 is 0 Å². The standard InChI is InChI=1S/C15H18N2O3S/c1-2-17(11-9-13-6-4-3-5-7-13)21(19,20)15-12-16-10-8-14(15)18/h3-8,10,12H,2,9,11H2,1H3,(H,16,18). The maximum Gasteiger partial charge on any atom is 0.248 e. The maximum absolute atomic E-state index is 12.5. The molecule has 112 valence electrons. The van der Waals surface area contributed by atoms with Crippen molar-refractivity contribution >= 4 is 10.0 Å². The van der Waals surface area contributed by atoms with Gasteiger partial charge in [0.25, 0.3) is 0 Å². The molecule has 0 aliphatic heterocycles. The van der Waals surface area contributed by atoms with E-state index in [2.05, 4.69) is 4.98 Å². The van der Waals surface area contributed by atoms with Crippen molar-refractivity contribution in [1.29, 1.82) is 0 Å². The van der Waals surface area contributed by atoms with Crippen molar-refractivity contribution in [3.05, 3.63) is 64.6 Å². The third kappa shape index (κ3) is 3.59. The number of likely N-dealkylation sites (N-methyl/N-ethyl adjacent to an activating group) is 1. The molecular formula is C15H18N2O3S. The summed E-state index contributed by atoms with van der Waals surface area (Å²) in [6, 6.07) is 10.9. The van der Waals surface area contributed by atoms with Gasteiger partial charge in [-0.05, 0) is 12.0 Å². The Morgan fingerprint density at radius 2 is 1.86 bits per heavy atom. The lowest BCUT2D eigenvalue weighted by Crippen LogP contribution is -2.35. The van der Waals surface area contributed by atoms with Gasteiger partial charge in [-0.2, -0.15) is 4.31 Å². The number of nitrogens with one attached hydrogen (secondary N) is 1. The van der Waals surface area contributed by atoms with Crippen LogP contribution in [-0.4, -0.2) is 30.8 Å². The minimum atomic E-state index is -3.76. The predicted octanol–water partition coefficient (Wildman–Crippen LogP) is 1.63. The summed E-state index contributed by atoms with van der Waals surface area (Å²) in [5.41, 5.74) is 0.569. The number of aromatic nitrogens is 1. The zero-order valence-electron chi connectivity index (χ0n) is 11.8. The molecule has 0 unspecified atom stereocenters. The molecule has 2 rings (SSSR count). The Labute approximate surface area is 124 Å². The van der Waals surface area contributed by atoms with Crippen LogP contribution in [0.15, 0.2) is 58.5 Å². The van der Waals surface area contributed by atoms with E-state index in [1.54, 1.807) is 6.92 Å². The summed E-state index contributed by atoms with van der Waals surface area (Å²) in [6.07, 6.45) is 3.27. The Kier molecular flexibility index (Phi) is 4.93. The van der Waals surface area contributed by atoms with E-state index in [9.17, 15) is 13.2 Å². The minimum absolute atomic E-state index is 0.208. The van der Waals surface area contributed by atoms with E-state index in [1.165, 1.54) is 22.8 Å². The molecule has 5 nitrogen and oxygen atoms in total. The van der Waals surface area contributed by atoms with Gasteiger partial charge in [-0.25, -0.2) is 8.42 Å². The SMILES string of the molecule is CCN(CCc1ccccc1)S(=O)(=O)c1c[nH]ccc1=O. The Morgan fingerprint density at radius 3 is 2.48 bits per heavy atom. The van der Waals surface area contributed by atoms with Crippen LogP contribution in [0.5, 0.6) is 0 Å². The molecule has 0 amide bonds.